The third kappa shape index (κ3) is 3.13. The summed E-state index contributed by atoms with van der Waals surface area (Å²) in [5, 5.41) is 22.2. The van der Waals surface area contributed by atoms with Crippen molar-refractivity contribution < 1.29 is 10.3 Å². The highest BCUT2D eigenvalue weighted by Gasteiger charge is 2.09. The number of hydrogen-bond acceptors (Lipinski definition) is 3. The van der Waals surface area contributed by atoms with E-state index >= 15 is 0 Å². The summed E-state index contributed by atoms with van der Waals surface area (Å²) >= 11 is 5.80. The van der Waals surface area contributed by atoms with Crippen molar-refractivity contribution in [3.8, 4) is 5.75 Å². The van der Waals surface area contributed by atoms with Crippen LogP contribution in [0.3, 0.4) is 0 Å². The van der Waals surface area contributed by atoms with Crippen LogP contribution in [0.5, 0.6) is 5.75 Å². The molecule has 0 aliphatic carbocycles. The van der Waals surface area contributed by atoms with Crippen molar-refractivity contribution in [2.75, 3.05) is 0 Å². The van der Waals surface area contributed by atoms with Gasteiger partial charge in [0.05, 0.1) is 5.71 Å². The van der Waals surface area contributed by atoms with Gasteiger partial charge in [-0.25, -0.2) is 0 Å². The van der Waals surface area contributed by atoms with Crippen LogP contribution in [0, 0.1) is 0 Å². The SMILES string of the molecule is CCCC/C(=N\O)c1cc(Cl)ccc1O. The summed E-state index contributed by atoms with van der Waals surface area (Å²) in [6.07, 6.45) is 2.53. The summed E-state index contributed by atoms with van der Waals surface area (Å²) in [6.45, 7) is 2.05. The number of oxime groups is 1. The minimum Gasteiger partial charge on any atom is -0.507 e. The van der Waals surface area contributed by atoms with Crippen LogP contribution >= 0.6 is 11.6 Å². The zero-order chi connectivity index (χ0) is 11.3. The molecule has 0 saturated carbocycles. The predicted octanol–water partition coefficient (Wildman–Crippen LogP) is 3.41. The van der Waals surface area contributed by atoms with E-state index < -0.39 is 0 Å². The molecule has 2 N–H and O–H groups in total. The number of phenolic OH excluding ortho intramolecular Hbond substituents is 1. The summed E-state index contributed by atoms with van der Waals surface area (Å²) in [7, 11) is 0. The fraction of sp³-hybridized carbons (Fsp3) is 0.364. The maximum Gasteiger partial charge on any atom is 0.124 e. The lowest BCUT2D eigenvalue weighted by molar-refractivity contribution is 0.317. The first-order chi connectivity index (χ1) is 7.19. The molecule has 4 heteroatoms. The Bertz CT molecular complexity index is 364. The average molecular weight is 228 g/mol. The van der Waals surface area contributed by atoms with Crippen LogP contribution in [0.25, 0.3) is 0 Å². The van der Waals surface area contributed by atoms with E-state index in [0.29, 0.717) is 22.7 Å². The van der Waals surface area contributed by atoms with Crippen molar-refractivity contribution in [1.29, 1.82) is 0 Å². The van der Waals surface area contributed by atoms with Gasteiger partial charge < -0.3 is 10.3 Å². The van der Waals surface area contributed by atoms with Gasteiger partial charge in [0.25, 0.3) is 0 Å². The average Bonchev–Trinajstić information content (AvgIpc) is 2.24. The fourth-order valence-corrected chi connectivity index (χ4v) is 1.49. The second-order valence-corrected chi connectivity index (χ2v) is 3.75. The molecule has 0 aliphatic heterocycles. The predicted molar refractivity (Wildman–Crippen MR) is 61.0 cm³/mol. The maximum atomic E-state index is 9.59. The number of aromatic hydroxyl groups is 1. The molecule has 0 bridgehead atoms. The quantitative estimate of drug-likeness (QED) is 0.471. The first-order valence-electron chi connectivity index (χ1n) is 4.88. The molecule has 0 spiro atoms. The molecule has 15 heavy (non-hydrogen) atoms. The van der Waals surface area contributed by atoms with E-state index in [4.69, 9.17) is 16.8 Å². The molecule has 1 rings (SSSR count). The first kappa shape index (κ1) is 11.9. The van der Waals surface area contributed by atoms with Crippen LogP contribution in [-0.4, -0.2) is 16.0 Å². The Kier molecular flexibility index (Phi) is 4.43. The molecule has 0 atom stereocenters. The molecule has 0 amide bonds. The van der Waals surface area contributed by atoms with Crippen molar-refractivity contribution in [3.63, 3.8) is 0 Å². The van der Waals surface area contributed by atoms with Crippen molar-refractivity contribution in [2.45, 2.75) is 26.2 Å². The summed E-state index contributed by atoms with van der Waals surface area (Å²) in [5.41, 5.74) is 0.968. The smallest absolute Gasteiger partial charge is 0.124 e. The molecular weight excluding hydrogens is 214 g/mol. The van der Waals surface area contributed by atoms with Gasteiger partial charge in [-0.15, -0.1) is 0 Å². The molecular formula is C11H14ClNO2. The number of unbranched alkanes of at least 4 members (excludes halogenated alkanes) is 1. The molecule has 3 nitrogen and oxygen atoms in total. The fourth-order valence-electron chi connectivity index (χ4n) is 1.32. The first-order valence-corrected chi connectivity index (χ1v) is 5.26. The minimum atomic E-state index is 0.0864. The minimum absolute atomic E-state index is 0.0864. The van der Waals surface area contributed by atoms with Gasteiger partial charge in [-0.1, -0.05) is 30.1 Å². The van der Waals surface area contributed by atoms with Crippen LogP contribution in [0.4, 0.5) is 0 Å². The van der Waals surface area contributed by atoms with Crippen molar-refractivity contribution in [2.24, 2.45) is 5.16 Å². The Labute approximate surface area is 94.0 Å². The molecule has 0 aromatic heterocycles. The Hall–Kier alpha value is -1.22. The molecule has 0 unspecified atom stereocenters. The summed E-state index contributed by atoms with van der Waals surface area (Å²) < 4.78 is 0. The Morgan fingerprint density at radius 1 is 1.47 bits per heavy atom. The van der Waals surface area contributed by atoms with E-state index in [1.165, 1.54) is 6.07 Å². The van der Waals surface area contributed by atoms with Crippen LogP contribution in [0.2, 0.25) is 5.02 Å². The zero-order valence-electron chi connectivity index (χ0n) is 8.57. The van der Waals surface area contributed by atoms with E-state index in [1.807, 2.05) is 6.92 Å². The van der Waals surface area contributed by atoms with Gasteiger partial charge in [0, 0.05) is 10.6 Å². The third-order valence-electron chi connectivity index (χ3n) is 2.16. The molecule has 0 radical (unpaired) electrons. The maximum absolute atomic E-state index is 9.59. The lowest BCUT2D eigenvalue weighted by Gasteiger charge is -2.06. The topological polar surface area (TPSA) is 52.8 Å². The van der Waals surface area contributed by atoms with E-state index in [2.05, 4.69) is 5.16 Å². The zero-order valence-corrected chi connectivity index (χ0v) is 9.33. The molecule has 0 saturated heterocycles. The molecule has 82 valence electrons. The van der Waals surface area contributed by atoms with Gasteiger partial charge in [-0.3, -0.25) is 0 Å². The third-order valence-corrected chi connectivity index (χ3v) is 2.39. The molecule has 1 aromatic carbocycles. The van der Waals surface area contributed by atoms with Gasteiger partial charge in [0.1, 0.15) is 5.75 Å². The Morgan fingerprint density at radius 3 is 2.80 bits per heavy atom. The van der Waals surface area contributed by atoms with Gasteiger partial charge in [-0.2, -0.15) is 0 Å². The second-order valence-electron chi connectivity index (χ2n) is 3.31. The summed E-state index contributed by atoms with van der Waals surface area (Å²) in [4.78, 5) is 0. The van der Waals surface area contributed by atoms with Crippen LogP contribution in [0.1, 0.15) is 31.7 Å². The number of nitrogens with zero attached hydrogens (tertiary/aromatic N) is 1. The highest BCUT2D eigenvalue weighted by molar-refractivity contribution is 6.31. The van der Waals surface area contributed by atoms with E-state index in [0.717, 1.165) is 12.8 Å². The van der Waals surface area contributed by atoms with Crippen LogP contribution < -0.4 is 0 Å². The van der Waals surface area contributed by atoms with Gasteiger partial charge in [-0.05, 0) is 31.0 Å². The van der Waals surface area contributed by atoms with E-state index in [-0.39, 0.29) is 5.75 Å². The summed E-state index contributed by atoms with van der Waals surface area (Å²) in [5.74, 6) is 0.0864. The molecule has 1 aromatic rings. The summed E-state index contributed by atoms with van der Waals surface area (Å²) in [6, 6.07) is 4.69. The van der Waals surface area contributed by atoms with Crippen molar-refractivity contribution in [1.82, 2.24) is 0 Å². The van der Waals surface area contributed by atoms with Gasteiger partial charge in [0.2, 0.25) is 0 Å². The number of benzene rings is 1. The highest BCUT2D eigenvalue weighted by atomic mass is 35.5. The highest BCUT2D eigenvalue weighted by Crippen LogP contribution is 2.23. The lowest BCUT2D eigenvalue weighted by atomic mass is 10.0. The lowest BCUT2D eigenvalue weighted by Crippen LogP contribution is -2.01. The van der Waals surface area contributed by atoms with Crippen LogP contribution in [0.15, 0.2) is 23.4 Å². The number of phenols is 1. The second kappa shape index (κ2) is 5.61. The Morgan fingerprint density at radius 2 is 2.20 bits per heavy atom. The number of halogens is 1. The van der Waals surface area contributed by atoms with Gasteiger partial charge >= 0.3 is 0 Å². The van der Waals surface area contributed by atoms with Crippen LogP contribution in [-0.2, 0) is 0 Å². The standard InChI is InChI=1S/C11H14ClNO2/c1-2-3-4-10(13-15)9-7-8(12)5-6-11(9)14/h5-7,14-15H,2-4H2,1H3/b13-10+. The van der Waals surface area contributed by atoms with E-state index in [9.17, 15) is 5.11 Å². The molecule has 0 heterocycles. The Balaban J connectivity index is 2.96. The van der Waals surface area contributed by atoms with E-state index in [1.54, 1.807) is 12.1 Å². The van der Waals surface area contributed by atoms with Gasteiger partial charge in [0.15, 0.2) is 0 Å². The number of hydrogen-bond donors (Lipinski definition) is 2. The molecule has 0 aliphatic rings. The normalized spacial score (nSPS) is 11.7. The molecule has 0 fully saturated rings. The number of rotatable bonds is 4. The van der Waals surface area contributed by atoms with Crippen molar-refractivity contribution in [3.05, 3.63) is 28.8 Å². The largest absolute Gasteiger partial charge is 0.507 e. The monoisotopic (exact) mass is 227 g/mol. The van der Waals surface area contributed by atoms with Crippen molar-refractivity contribution >= 4 is 17.3 Å².